The summed E-state index contributed by atoms with van der Waals surface area (Å²) in [4.78, 5) is 11.9. The Balaban J connectivity index is 2.37. The molecule has 0 aliphatic rings. The Morgan fingerprint density at radius 3 is 2.50 bits per heavy atom. The van der Waals surface area contributed by atoms with E-state index in [9.17, 15) is 9.18 Å². The summed E-state index contributed by atoms with van der Waals surface area (Å²) in [5.74, 6) is -1.07. The van der Waals surface area contributed by atoms with Gasteiger partial charge in [-0.25, -0.2) is 9.18 Å². The number of carbonyl (C=O) groups is 1. The first-order valence-corrected chi connectivity index (χ1v) is 6.34. The number of carbonyl (C=O) groups excluding carboxylic acids is 1. The van der Waals surface area contributed by atoms with Gasteiger partial charge in [-0.05, 0) is 18.2 Å². The van der Waals surface area contributed by atoms with Crippen molar-refractivity contribution >= 4 is 23.3 Å². The molecule has 2 aromatic rings. The van der Waals surface area contributed by atoms with Crippen LogP contribution < -0.4 is 5.32 Å². The lowest BCUT2D eigenvalue weighted by Gasteiger charge is -2.19. The van der Waals surface area contributed by atoms with Crippen molar-refractivity contribution in [2.24, 2.45) is 0 Å². The molecule has 1 N–H and O–H groups in total. The number of rotatable bonds is 4. The number of halogens is 2. The Morgan fingerprint density at radius 2 is 1.85 bits per heavy atom. The molecule has 0 spiro atoms. The molecule has 3 nitrogen and oxygen atoms in total. The van der Waals surface area contributed by atoms with Crippen LogP contribution in [0.1, 0.15) is 11.6 Å². The van der Waals surface area contributed by atoms with Gasteiger partial charge in [0.25, 0.3) is 0 Å². The number of anilines is 1. The van der Waals surface area contributed by atoms with Crippen molar-refractivity contribution in [3.63, 3.8) is 0 Å². The summed E-state index contributed by atoms with van der Waals surface area (Å²) in [5.41, 5.74) is 0.743. The van der Waals surface area contributed by atoms with Crippen LogP contribution in [0.5, 0.6) is 0 Å². The topological polar surface area (TPSA) is 38.3 Å². The van der Waals surface area contributed by atoms with Crippen LogP contribution in [0.3, 0.4) is 0 Å². The van der Waals surface area contributed by atoms with Crippen LogP contribution in [-0.2, 0) is 9.53 Å². The number of benzene rings is 2. The molecule has 104 valence electrons. The van der Waals surface area contributed by atoms with E-state index in [2.05, 4.69) is 5.32 Å². The molecule has 0 heterocycles. The van der Waals surface area contributed by atoms with E-state index in [0.717, 1.165) is 0 Å². The molecule has 2 rings (SSSR count). The number of hydrogen-bond donors (Lipinski definition) is 1. The second kappa shape index (κ2) is 6.39. The fourth-order valence-corrected chi connectivity index (χ4v) is 2.01. The molecular formula is C15H13ClFNO2. The van der Waals surface area contributed by atoms with Gasteiger partial charge in [0, 0.05) is 5.56 Å². The molecule has 0 amide bonds. The lowest BCUT2D eigenvalue weighted by atomic mass is 10.1. The molecule has 20 heavy (non-hydrogen) atoms. The summed E-state index contributed by atoms with van der Waals surface area (Å²) in [6.07, 6.45) is 0. The van der Waals surface area contributed by atoms with Gasteiger partial charge in [-0.1, -0.05) is 41.9 Å². The molecule has 0 aliphatic carbocycles. The minimum atomic E-state index is -0.957. The molecule has 0 saturated heterocycles. The molecule has 0 saturated carbocycles. The number of nitrogens with one attached hydrogen (secondary N) is 1. The number of methoxy groups -OCH3 is 1. The molecule has 0 aromatic heterocycles. The fourth-order valence-electron chi connectivity index (χ4n) is 1.82. The third-order valence-electron chi connectivity index (χ3n) is 2.83. The van der Waals surface area contributed by atoms with Crippen molar-refractivity contribution in [3.05, 3.63) is 64.9 Å². The minimum Gasteiger partial charge on any atom is -0.467 e. The molecule has 0 bridgehead atoms. The van der Waals surface area contributed by atoms with Crippen molar-refractivity contribution in [2.45, 2.75) is 6.04 Å². The summed E-state index contributed by atoms with van der Waals surface area (Å²) in [5, 5.41) is 3.35. The molecule has 1 unspecified atom stereocenters. The summed E-state index contributed by atoms with van der Waals surface area (Å²) in [6, 6.07) is 12.0. The predicted octanol–water partition coefficient (Wildman–Crippen LogP) is 3.81. The van der Waals surface area contributed by atoms with Gasteiger partial charge in [-0.2, -0.15) is 0 Å². The van der Waals surface area contributed by atoms with E-state index in [1.165, 1.54) is 19.2 Å². The van der Waals surface area contributed by atoms with E-state index in [-0.39, 0.29) is 5.56 Å². The Bertz CT molecular complexity index is 618. The van der Waals surface area contributed by atoms with E-state index < -0.39 is 17.8 Å². The van der Waals surface area contributed by atoms with Crippen LogP contribution in [0.4, 0.5) is 10.1 Å². The maximum Gasteiger partial charge on any atom is 0.333 e. The second-order valence-electron chi connectivity index (χ2n) is 4.10. The van der Waals surface area contributed by atoms with Gasteiger partial charge in [0.05, 0.1) is 17.8 Å². The van der Waals surface area contributed by atoms with Crippen LogP contribution >= 0.6 is 11.6 Å². The third-order valence-corrected chi connectivity index (χ3v) is 3.16. The Morgan fingerprint density at radius 1 is 1.20 bits per heavy atom. The maximum absolute atomic E-state index is 13.9. The number of ether oxygens (including phenoxy) is 1. The van der Waals surface area contributed by atoms with Gasteiger partial charge < -0.3 is 10.1 Å². The normalized spacial score (nSPS) is 11.8. The molecular weight excluding hydrogens is 281 g/mol. The van der Waals surface area contributed by atoms with E-state index >= 15 is 0 Å². The average Bonchev–Trinajstić information content (AvgIpc) is 2.47. The van der Waals surface area contributed by atoms with E-state index in [1.807, 2.05) is 0 Å². The van der Waals surface area contributed by atoms with Crippen LogP contribution in [-0.4, -0.2) is 13.1 Å². The first kappa shape index (κ1) is 14.3. The quantitative estimate of drug-likeness (QED) is 0.871. The zero-order chi connectivity index (χ0) is 14.5. The molecule has 2 aromatic carbocycles. The number of esters is 1. The summed E-state index contributed by atoms with van der Waals surface area (Å²) < 4.78 is 18.6. The smallest absolute Gasteiger partial charge is 0.333 e. The predicted molar refractivity (Wildman–Crippen MR) is 76.2 cm³/mol. The van der Waals surface area contributed by atoms with Crippen molar-refractivity contribution < 1.29 is 13.9 Å². The van der Waals surface area contributed by atoms with Crippen LogP contribution in [0, 0.1) is 5.82 Å². The van der Waals surface area contributed by atoms with Crippen LogP contribution in [0.15, 0.2) is 48.5 Å². The second-order valence-corrected chi connectivity index (χ2v) is 4.51. The lowest BCUT2D eigenvalue weighted by molar-refractivity contribution is -0.141. The fraction of sp³-hybridized carbons (Fsp3) is 0.133. The zero-order valence-corrected chi connectivity index (χ0v) is 11.5. The van der Waals surface area contributed by atoms with Gasteiger partial charge in [-0.15, -0.1) is 0 Å². The standard InChI is InChI=1S/C15H13ClFNO2/c1-20-15(19)14(10-6-2-4-8-12(10)17)18-13-9-5-3-7-11(13)16/h2-9,14,18H,1H3. The van der Waals surface area contributed by atoms with E-state index in [1.54, 1.807) is 36.4 Å². The molecule has 5 heteroatoms. The van der Waals surface area contributed by atoms with Gasteiger partial charge >= 0.3 is 5.97 Å². The number of hydrogen-bond acceptors (Lipinski definition) is 3. The minimum absolute atomic E-state index is 0.208. The first-order valence-electron chi connectivity index (χ1n) is 5.97. The van der Waals surface area contributed by atoms with E-state index in [4.69, 9.17) is 16.3 Å². The highest BCUT2D eigenvalue weighted by atomic mass is 35.5. The maximum atomic E-state index is 13.9. The van der Waals surface area contributed by atoms with Gasteiger partial charge in [0.15, 0.2) is 6.04 Å². The molecule has 1 atom stereocenters. The van der Waals surface area contributed by atoms with E-state index in [0.29, 0.717) is 10.7 Å². The summed E-state index contributed by atoms with van der Waals surface area (Å²) >= 11 is 6.04. The number of para-hydroxylation sites is 1. The highest BCUT2D eigenvalue weighted by molar-refractivity contribution is 6.33. The Labute approximate surface area is 121 Å². The Kier molecular flexibility index (Phi) is 4.58. The average molecular weight is 294 g/mol. The summed E-state index contributed by atoms with van der Waals surface area (Å²) in [7, 11) is 1.25. The SMILES string of the molecule is COC(=O)C(Nc1ccccc1Cl)c1ccccc1F. The third kappa shape index (κ3) is 3.08. The zero-order valence-electron chi connectivity index (χ0n) is 10.8. The monoisotopic (exact) mass is 293 g/mol. The van der Waals surface area contributed by atoms with Crippen molar-refractivity contribution in [1.82, 2.24) is 0 Å². The van der Waals surface area contributed by atoms with Gasteiger partial charge in [0.1, 0.15) is 5.82 Å². The molecule has 0 aliphatic heterocycles. The van der Waals surface area contributed by atoms with Gasteiger partial charge in [-0.3, -0.25) is 0 Å². The van der Waals surface area contributed by atoms with Crippen LogP contribution in [0.25, 0.3) is 0 Å². The van der Waals surface area contributed by atoms with Gasteiger partial charge in [0.2, 0.25) is 0 Å². The van der Waals surface area contributed by atoms with Crippen molar-refractivity contribution in [1.29, 1.82) is 0 Å². The highest BCUT2D eigenvalue weighted by Gasteiger charge is 2.24. The van der Waals surface area contributed by atoms with Crippen molar-refractivity contribution in [3.8, 4) is 0 Å². The molecule has 0 fully saturated rings. The largest absolute Gasteiger partial charge is 0.467 e. The Hall–Kier alpha value is -2.07. The summed E-state index contributed by atoms with van der Waals surface area (Å²) in [6.45, 7) is 0. The highest BCUT2D eigenvalue weighted by Crippen LogP contribution is 2.27. The molecule has 0 radical (unpaired) electrons. The van der Waals surface area contributed by atoms with Crippen LogP contribution in [0.2, 0.25) is 5.02 Å². The van der Waals surface area contributed by atoms with Crippen molar-refractivity contribution in [2.75, 3.05) is 12.4 Å². The lowest BCUT2D eigenvalue weighted by Crippen LogP contribution is -2.23. The first-order chi connectivity index (χ1) is 9.63.